The van der Waals surface area contributed by atoms with Gasteiger partial charge in [0.15, 0.2) is 6.29 Å². The molecule has 4 heteroatoms. The first-order valence-electron chi connectivity index (χ1n) is 5.89. The number of aldehydes is 1. The van der Waals surface area contributed by atoms with Crippen LogP contribution in [0, 0.1) is 6.92 Å². The Bertz CT molecular complexity index is 777. The Hall–Kier alpha value is -1.94. The van der Waals surface area contributed by atoms with Crippen LogP contribution in [0.4, 0.5) is 0 Å². The summed E-state index contributed by atoms with van der Waals surface area (Å²) in [5.74, 6) is 0.788. The molecule has 2 aromatic heterocycles. The number of carbonyl (C=O) groups excluding carboxylic acids is 1. The number of hydrogen-bond donors (Lipinski definition) is 0. The van der Waals surface area contributed by atoms with E-state index in [1.54, 1.807) is 0 Å². The molecule has 0 saturated heterocycles. The predicted molar refractivity (Wildman–Crippen MR) is 78.5 cm³/mol. The highest BCUT2D eigenvalue weighted by molar-refractivity contribution is 9.10. The van der Waals surface area contributed by atoms with Crippen molar-refractivity contribution >= 4 is 27.7 Å². The number of fused-ring (bicyclic) bond motifs is 1. The highest BCUT2D eigenvalue weighted by atomic mass is 79.9. The molecule has 0 atom stereocenters. The molecule has 0 amide bonds. The van der Waals surface area contributed by atoms with E-state index in [4.69, 9.17) is 0 Å². The van der Waals surface area contributed by atoms with Crippen LogP contribution in [0.3, 0.4) is 0 Å². The minimum Gasteiger partial charge on any atom is -0.299 e. The summed E-state index contributed by atoms with van der Waals surface area (Å²) >= 11 is 3.47. The number of rotatable bonds is 2. The topological polar surface area (TPSA) is 34.4 Å². The fourth-order valence-electron chi connectivity index (χ4n) is 2.17. The van der Waals surface area contributed by atoms with Crippen molar-refractivity contribution in [3.05, 3.63) is 58.3 Å². The smallest absolute Gasteiger partial charge is 0.170 e. The second kappa shape index (κ2) is 4.63. The minimum absolute atomic E-state index is 0.468. The first-order chi connectivity index (χ1) is 9.20. The van der Waals surface area contributed by atoms with Gasteiger partial charge in [0.2, 0.25) is 0 Å². The van der Waals surface area contributed by atoms with Crippen molar-refractivity contribution in [2.75, 3.05) is 0 Å². The van der Waals surface area contributed by atoms with Gasteiger partial charge < -0.3 is 0 Å². The second-order valence-corrected chi connectivity index (χ2v) is 5.27. The standard InChI is InChI=1S/C15H11BrN2O/c1-10-5-6-11(16)8-12(10)15-17-13(9-19)14-4-2-3-7-18(14)15/h2-9H,1H3. The lowest BCUT2D eigenvalue weighted by Crippen LogP contribution is -1.91. The van der Waals surface area contributed by atoms with E-state index < -0.39 is 0 Å². The molecule has 3 aromatic rings. The molecule has 94 valence electrons. The molecule has 19 heavy (non-hydrogen) atoms. The average molecular weight is 315 g/mol. The Morgan fingerprint density at radius 1 is 1.26 bits per heavy atom. The van der Waals surface area contributed by atoms with E-state index in [0.29, 0.717) is 5.69 Å². The Kier molecular flexibility index (Phi) is 2.95. The number of halogens is 1. The fourth-order valence-corrected chi connectivity index (χ4v) is 2.53. The van der Waals surface area contributed by atoms with Crippen LogP contribution < -0.4 is 0 Å². The molecule has 0 aliphatic heterocycles. The average Bonchev–Trinajstić information content (AvgIpc) is 2.80. The molecule has 0 aliphatic rings. The first kappa shape index (κ1) is 12.1. The van der Waals surface area contributed by atoms with Gasteiger partial charge in [0.1, 0.15) is 11.5 Å². The lowest BCUT2D eigenvalue weighted by Gasteiger charge is -2.05. The van der Waals surface area contributed by atoms with Gasteiger partial charge in [-0.2, -0.15) is 0 Å². The SMILES string of the molecule is Cc1ccc(Br)cc1-c1nc(C=O)c2ccccn12. The summed E-state index contributed by atoms with van der Waals surface area (Å²) in [7, 11) is 0. The molecule has 0 spiro atoms. The van der Waals surface area contributed by atoms with Gasteiger partial charge >= 0.3 is 0 Å². The Morgan fingerprint density at radius 3 is 2.89 bits per heavy atom. The van der Waals surface area contributed by atoms with Crippen LogP contribution in [-0.2, 0) is 0 Å². The normalized spacial score (nSPS) is 10.8. The van der Waals surface area contributed by atoms with E-state index in [9.17, 15) is 4.79 Å². The summed E-state index contributed by atoms with van der Waals surface area (Å²) in [5, 5.41) is 0. The van der Waals surface area contributed by atoms with Gasteiger partial charge in [-0.3, -0.25) is 9.20 Å². The van der Waals surface area contributed by atoms with E-state index in [0.717, 1.165) is 33.2 Å². The Morgan fingerprint density at radius 2 is 2.11 bits per heavy atom. The summed E-state index contributed by atoms with van der Waals surface area (Å²) in [6.07, 6.45) is 2.72. The van der Waals surface area contributed by atoms with Crippen molar-refractivity contribution in [3.8, 4) is 11.4 Å². The van der Waals surface area contributed by atoms with Gasteiger partial charge in [-0.1, -0.05) is 28.1 Å². The van der Waals surface area contributed by atoms with Crippen LogP contribution in [0.5, 0.6) is 0 Å². The summed E-state index contributed by atoms with van der Waals surface area (Å²) in [6.45, 7) is 2.03. The van der Waals surface area contributed by atoms with Crippen molar-refractivity contribution in [2.24, 2.45) is 0 Å². The maximum atomic E-state index is 11.1. The van der Waals surface area contributed by atoms with Crippen molar-refractivity contribution in [3.63, 3.8) is 0 Å². The molecule has 3 nitrogen and oxygen atoms in total. The molecule has 2 heterocycles. The van der Waals surface area contributed by atoms with Crippen molar-refractivity contribution in [2.45, 2.75) is 6.92 Å². The summed E-state index contributed by atoms with van der Waals surface area (Å²) in [5.41, 5.74) is 3.43. The molecule has 0 unspecified atom stereocenters. The molecular weight excluding hydrogens is 304 g/mol. The van der Waals surface area contributed by atoms with Crippen LogP contribution in [0.2, 0.25) is 0 Å². The number of nitrogens with zero attached hydrogens (tertiary/aromatic N) is 2. The number of imidazole rings is 1. The third-order valence-corrected chi connectivity index (χ3v) is 3.62. The van der Waals surface area contributed by atoms with E-state index in [2.05, 4.69) is 20.9 Å². The zero-order valence-corrected chi connectivity index (χ0v) is 11.9. The monoisotopic (exact) mass is 314 g/mol. The first-order valence-corrected chi connectivity index (χ1v) is 6.69. The molecule has 0 fully saturated rings. The summed E-state index contributed by atoms with van der Waals surface area (Å²) in [4.78, 5) is 15.6. The van der Waals surface area contributed by atoms with Crippen LogP contribution in [-0.4, -0.2) is 15.7 Å². The number of benzene rings is 1. The van der Waals surface area contributed by atoms with Crippen molar-refractivity contribution in [1.82, 2.24) is 9.38 Å². The van der Waals surface area contributed by atoms with Gasteiger partial charge in [-0.05, 0) is 36.8 Å². The third kappa shape index (κ3) is 1.98. The maximum Gasteiger partial charge on any atom is 0.170 e. The largest absolute Gasteiger partial charge is 0.299 e. The van der Waals surface area contributed by atoms with Gasteiger partial charge in [0.05, 0.1) is 5.52 Å². The molecule has 0 radical (unpaired) electrons. The number of hydrogen-bond acceptors (Lipinski definition) is 2. The number of carbonyl (C=O) groups is 1. The molecule has 0 saturated carbocycles. The summed E-state index contributed by atoms with van der Waals surface area (Å²) in [6, 6.07) is 11.8. The quantitative estimate of drug-likeness (QED) is 0.673. The van der Waals surface area contributed by atoms with Gasteiger partial charge in [-0.15, -0.1) is 0 Å². The van der Waals surface area contributed by atoms with Crippen LogP contribution in [0.25, 0.3) is 16.9 Å². The zero-order chi connectivity index (χ0) is 13.4. The molecule has 0 N–H and O–H groups in total. The number of aromatic nitrogens is 2. The van der Waals surface area contributed by atoms with Gasteiger partial charge in [0, 0.05) is 16.2 Å². The lowest BCUT2D eigenvalue weighted by molar-refractivity contribution is 0.112. The fraction of sp³-hybridized carbons (Fsp3) is 0.0667. The highest BCUT2D eigenvalue weighted by Crippen LogP contribution is 2.27. The molecule has 3 rings (SSSR count). The number of aryl methyl sites for hydroxylation is 1. The van der Waals surface area contributed by atoms with E-state index in [-0.39, 0.29) is 0 Å². The molecule has 0 bridgehead atoms. The minimum atomic E-state index is 0.468. The maximum absolute atomic E-state index is 11.1. The van der Waals surface area contributed by atoms with Crippen LogP contribution in [0.1, 0.15) is 16.1 Å². The lowest BCUT2D eigenvalue weighted by atomic mass is 10.1. The van der Waals surface area contributed by atoms with Crippen LogP contribution in [0.15, 0.2) is 47.1 Å². The molecule has 1 aromatic carbocycles. The Labute approximate surface area is 119 Å². The van der Waals surface area contributed by atoms with Gasteiger partial charge in [0.25, 0.3) is 0 Å². The molecule has 0 aliphatic carbocycles. The Balaban J connectivity index is 2.36. The third-order valence-electron chi connectivity index (χ3n) is 3.13. The molecular formula is C15H11BrN2O. The second-order valence-electron chi connectivity index (χ2n) is 4.35. The van der Waals surface area contributed by atoms with Crippen molar-refractivity contribution < 1.29 is 4.79 Å². The zero-order valence-electron chi connectivity index (χ0n) is 10.3. The summed E-state index contributed by atoms with van der Waals surface area (Å²) < 4.78 is 2.94. The van der Waals surface area contributed by atoms with Crippen LogP contribution >= 0.6 is 15.9 Å². The van der Waals surface area contributed by atoms with Crippen molar-refractivity contribution in [1.29, 1.82) is 0 Å². The van der Waals surface area contributed by atoms with E-state index >= 15 is 0 Å². The highest BCUT2D eigenvalue weighted by Gasteiger charge is 2.13. The number of pyridine rings is 1. The predicted octanol–water partition coefficient (Wildman–Crippen LogP) is 3.88. The van der Waals surface area contributed by atoms with Gasteiger partial charge in [-0.25, -0.2) is 4.98 Å². The van der Waals surface area contributed by atoms with E-state index in [1.807, 2.05) is 53.9 Å². The van der Waals surface area contributed by atoms with E-state index in [1.165, 1.54) is 0 Å².